The fraction of sp³-hybridized carbons (Fsp3) is 0.481. The summed E-state index contributed by atoms with van der Waals surface area (Å²) in [4.78, 5) is 29.7. The molecule has 0 bridgehead atoms. The zero-order valence-electron chi connectivity index (χ0n) is 20.6. The maximum Gasteiger partial charge on any atom is 0.276 e. The summed E-state index contributed by atoms with van der Waals surface area (Å²) in [6, 6.07) is 8.96. The van der Waals surface area contributed by atoms with Gasteiger partial charge in [-0.1, -0.05) is 32.1 Å². The predicted octanol–water partition coefficient (Wildman–Crippen LogP) is 4.90. The Morgan fingerprint density at radius 2 is 1.80 bits per heavy atom. The highest BCUT2D eigenvalue weighted by Gasteiger charge is 2.50. The van der Waals surface area contributed by atoms with E-state index in [4.69, 9.17) is 13.9 Å². The second-order valence-electron chi connectivity index (χ2n) is 9.75. The minimum Gasteiger partial charge on any atom is -0.497 e. The maximum absolute atomic E-state index is 14.1. The molecule has 2 aliphatic rings. The first-order chi connectivity index (χ1) is 17.0. The van der Waals surface area contributed by atoms with Gasteiger partial charge in [0, 0.05) is 24.2 Å². The molecule has 0 spiro atoms. The molecule has 5 rings (SSSR count). The Labute approximate surface area is 205 Å². The summed E-state index contributed by atoms with van der Waals surface area (Å²) in [5.41, 5.74) is 1.19. The van der Waals surface area contributed by atoms with Gasteiger partial charge in [0.1, 0.15) is 22.7 Å². The third-order valence-electron chi connectivity index (χ3n) is 7.46. The molecule has 2 amide bonds. The van der Waals surface area contributed by atoms with E-state index in [0.29, 0.717) is 28.5 Å². The van der Waals surface area contributed by atoms with Crippen molar-refractivity contribution < 1.29 is 23.5 Å². The molecule has 1 atom stereocenters. The first-order valence-electron chi connectivity index (χ1n) is 12.4. The summed E-state index contributed by atoms with van der Waals surface area (Å²) < 4.78 is 18.5. The number of amides is 2. The quantitative estimate of drug-likeness (QED) is 0.563. The molecular formula is C27H33N3O5. The lowest BCUT2D eigenvalue weighted by Crippen LogP contribution is -2.65. The number of anilines is 1. The fourth-order valence-electron chi connectivity index (χ4n) is 5.50. The normalized spacial score (nSPS) is 21.3. The molecule has 3 aromatic rings. The number of ether oxygens (including phenoxy) is 2. The molecule has 35 heavy (non-hydrogen) atoms. The van der Waals surface area contributed by atoms with Crippen LogP contribution in [0.15, 0.2) is 41.0 Å². The summed E-state index contributed by atoms with van der Waals surface area (Å²) in [6.45, 7) is 2.12. The molecule has 1 aromatic carbocycles. The van der Waals surface area contributed by atoms with E-state index in [1.54, 1.807) is 49.6 Å². The number of methoxy groups -OCH3 is 2. The standard InChI is InChI=1S/C27H33N3O5/c1-27(26(32)28-18-9-7-5-4-6-8-10-18)17-29-20-13-14-35-24(20)16-22(29)25(31)30(27)21-15-19(33-2)11-12-23(21)34-3/h11-16,18H,4-10,17H2,1-3H3,(H,28,32). The lowest BCUT2D eigenvalue weighted by Gasteiger charge is -2.44. The van der Waals surface area contributed by atoms with Crippen LogP contribution in [0.2, 0.25) is 0 Å². The highest BCUT2D eigenvalue weighted by atomic mass is 16.5. The van der Waals surface area contributed by atoms with E-state index < -0.39 is 5.54 Å². The number of carbonyl (C=O) groups is 2. The van der Waals surface area contributed by atoms with Crippen molar-refractivity contribution in [2.45, 2.75) is 70.0 Å². The van der Waals surface area contributed by atoms with Crippen LogP contribution < -0.4 is 19.7 Å². The predicted molar refractivity (Wildman–Crippen MR) is 133 cm³/mol. The Kier molecular flexibility index (Phi) is 6.21. The van der Waals surface area contributed by atoms with Gasteiger partial charge in [-0.25, -0.2) is 0 Å². The van der Waals surface area contributed by atoms with Crippen LogP contribution in [0.5, 0.6) is 11.5 Å². The summed E-state index contributed by atoms with van der Waals surface area (Å²) in [5.74, 6) is 0.612. The van der Waals surface area contributed by atoms with Crippen molar-refractivity contribution in [3.63, 3.8) is 0 Å². The molecule has 1 unspecified atom stereocenters. The number of hydrogen-bond acceptors (Lipinski definition) is 5. The molecule has 3 heterocycles. The van der Waals surface area contributed by atoms with Crippen LogP contribution in [0.3, 0.4) is 0 Å². The van der Waals surface area contributed by atoms with Gasteiger partial charge in [-0.2, -0.15) is 0 Å². The number of furan rings is 1. The summed E-state index contributed by atoms with van der Waals surface area (Å²) in [7, 11) is 3.13. The second-order valence-corrected chi connectivity index (χ2v) is 9.75. The van der Waals surface area contributed by atoms with Crippen molar-refractivity contribution in [2.24, 2.45) is 0 Å². The van der Waals surface area contributed by atoms with Gasteiger partial charge < -0.3 is 23.8 Å². The second kappa shape index (κ2) is 9.32. The molecule has 1 saturated carbocycles. The van der Waals surface area contributed by atoms with Crippen LogP contribution in [-0.2, 0) is 11.3 Å². The molecule has 1 fully saturated rings. The van der Waals surface area contributed by atoms with Gasteiger partial charge in [0.15, 0.2) is 5.58 Å². The third-order valence-corrected chi connectivity index (χ3v) is 7.46. The highest BCUT2D eigenvalue weighted by molar-refractivity contribution is 6.14. The highest BCUT2D eigenvalue weighted by Crippen LogP contribution is 2.41. The van der Waals surface area contributed by atoms with Crippen molar-refractivity contribution in [1.82, 2.24) is 9.88 Å². The monoisotopic (exact) mass is 479 g/mol. The first-order valence-corrected chi connectivity index (χ1v) is 12.4. The van der Waals surface area contributed by atoms with Crippen LogP contribution >= 0.6 is 0 Å². The molecule has 2 aromatic heterocycles. The van der Waals surface area contributed by atoms with Gasteiger partial charge in [-0.3, -0.25) is 14.5 Å². The van der Waals surface area contributed by atoms with Crippen molar-refractivity contribution in [1.29, 1.82) is 0 Å². The van der Waals surface area contributed by atoms with E-state index in [2.05, 4.69) is 5.32 Å². The number of hydrogen-bond donors (Lipinski definition) is 1. The Morgan fingerprint density at radius 1 is 1.06 bits per heavy atom. The van der Waals surface area contributed by atoms with Crippen LogP contribution in [0, 0.1) is 0 Å². The van der Waals surface area contributed by atoms with Crippen LogP contribution in [0.25, 0.3) is 11.1 Å². The molecule has 1 N–H and O–H groups in total. The Morgan fingerprint density at radius 3 is 2.51 bits per heavy atom. The van der Waals surface area contributed by atoms with Crippen molar-refractivity contribution in [3.05, 3.63) is 42.3 Å². The van der Waals surface area contributed by atoms with Gasteiger partial charge in [0.2, 0.25) is 5.91 Å². The van der Waals surface area contributed by atoms with E-state index >= 15 is 0 Å². The number of aromatic nitrogens is 1. The maximum atomic E-state index is 14.1. The summed E-state index contributed by atoms with van der Waals surface area (Å²) >= 11 is 0. The SMILES string of the molecule is COc1ccc(OC)c(N2C(=O)c3cc4occc4n3CC2(C)C(=O)NC2CCCCCCC2)c1. The molecule has 0 saturated heterocycles. The summed E-state index contributed by atoms with van der Waals surface area (Å²) in [5, 5.41) is 3.31. The van der Waals surface area contributed by atoms with Crippen LogP contribution in [0.4, 0.5) is 5.69 Å². The number of fused-ring (bicyclic) bond motifs is 3. The lowest BCUT2D eigenvalue weighted by molar-refractivity contribution is -0.127. The van der Waals surface area contributed by atoms with Gasteiger partial charge in [0.05, 0.1) is 38.2 Å². The number of carbonyl (C=O) groups excluding carboxylic acids is 2. The zero-order chi connectivity index (χ0) is 24.6. The topological polar surface area (TPSA) is 85.9 Å². The molecule has 1 aliphatic heterocycles. The average Bonchev–Trinajstić information content (AvgIpc) is 3.43. The molecule has 8 nitrogen and oxygen atoms in total. The largest absolute Gasteiger partial charge is 0.497 e. The zero-order valence-corrected chi connectivity index (χ0v) is 20.6. The Balaban J connectivity index is 1.60. The van der Waals surface area contributed by atoms with E-state index in [-0.39, 0.29) is 24.4 Å². The smallest absolute Gasteiger partial charge is 0.276 e. The number of nitrogens with one attached hydrogen (secondary N) is 1. The minimum atomic E-state index is -1.20. The van der Waals surface area contributed by atoms with E-state index in [1.807, 2.05) is 17.6 Å². The Hall–Kier alpha value is -3.42. The average molecular weight is 480 g/mol. The van der Waals surface area contributed by atoms with Gasteiger partial charge in [-0.05, 0) is 31.9 Å². The van der Waals surface area contributed by atoms with E-state index in [1.165, 1.54) is 19.3 Å². The molecule has 8 heteroatoms. The molecule has 0 radical (unpaired) electrons. The van der Waals surface area contributed by atoms with Gasteiger partial charge >= 0.3 is 0 Å². The molecular weight excluding hydrogens is 446 g/mol. The Bertz CT molecular complexity index is 1240. The van der Waals surface area contributed by atoms with Crippen molar-refractivity contribution in [2.75, 3.05) is 19.1 Å². The van der Waals surface area contributed by atoms with Crippen molar-refractivity contribution >= 4 is 28.6 Å². The van der Waals surface area contributed by atoms with E-state index in [0.717, 1.165) is 31.2 Å². The van der Waals surface area contributed by atoms with Gasteiger partial charge in [-0.15, -0.1) is 0 Å². The molecule has 1 aliphatic carbocycles. The number of nitrogens with zero attached hydrogens (tertiary/aromatic N) is 2. The summed E-state index contributed by atoms with van der Waals surface area (Å²) in [6.07, 6.45) is 9.37. The fourth-order valence-corrected chi connectivity index (χ4v) is 5.50. The minimum absolute atomic E-state index is 0.101. The van der Waals surface area contributed by atoms with E-state index in [9.17, 15) is 9.59 Å². The molecule has 186 valence electrons. The lowest BCUT2D eigenvalue weighted by atomic mass is 9.91. The number of benzene rings is 1. The van der Waals surface area contributed by atoms with Crippen LogP contribution in [-0.4, -0.2) is 42.2 Å². The van der Waals surface area contributed by atoms with Crippen LogP contribution in [0.1, 0.15) is 62.4 Å². The number of rotatable bonds is 5. The van der Waals surface area contributed by atoms with Crippen molar-refractivity contribution in [3.8, 4) is 11.5 Å². The van der Waals surface area contributed by atoms with Gasteiger partial charge in [0.25, 0.3) is 5.91 Å². The third kappa shape index (κ3) is 4.05. The first kappa shape index (κ1) is 23.3.